The molecule has 6 heteroatoms. The molecule has 0 saturated carbocycles. The normalized spacial score (nSPS) is 34.2. The molecule has 1 aliphatic heterocycles. The van der Waals surface area contributed by atoms with Crippen molar-refractivity contribution in [2.75, 3.05) is 20.8 Å². The van der Waals surface area contributed by atoms with E-state index >= 15 is 0 Å². The summed E-state index contributed by atoms with van der Waals surface area (Å²) >= 11 is 0. The number of aliphatic hydroxyl groups is 1. The van der Waals surface area contributed by atoms with Gasteiger partial charge in [-0.3, -0.25) is 0 Å². The van der Waals surface area contributed by atoms with Crippen LogP contribution in [0.4, 0.5) is 0 Å². The maximum atomic E-state index is 10.9. The number of rotatable bonds is 8. The molecule has 0 aliphatic carbocycles. The van der Waals surface area contributed by atoms with Gasteiger partial charge in [0.05, 0.1) is 24.9 Å². The van der Waals surface area contributed by atoms with Gasteiger partial charge in [-0.05, 0) is 31.1 Å². The first kappa shape index (κ1) is 24.8. The zero-order valence-corrected chi connectivity index (χ0v) is 20.0. The predicted octanol–water partition coefficient (Wildman–Crippen LogP) is 4.36. The van der Waals surface area contributed by atoms with E-state index in [1.165, 1.54) is 0 Å². The second kappa shape index (κ2) is 9.50. The van der Waals surface area contributed by atoms with Crippen molar-refractivity contribution in [3.63, 3.8) is 0 Å². The lowest BCUT2D eigenvalue weighted by Crippen LogP contribution is -2.58. The van der Waals surface area contributed by atoms with E-state index in [1.54, 1.807) is 14.2 Å². The van der Waals surface area contributed by atoms with Crippen molar-refractivity contribution in [3.8, 4) is 0 Å². The van der Waals surface area contributed by atoms with E-state index in [1.807, 2.05) is 32.9 Å². The molecule has 0 bridgehead atoms. The Hall–Kier alpha value is -0.243. The number of aliphatic hydroxyl groups excluding tert-OH is 1. The summed E-state index contributed by atoms with van der Waals surface area (Å²) in [6.07, 6.45) is 3.70. The third kappa shape index (κ3) is 5.64. The van der Waals surface area contributed by atoms with Gasteiger partial charge in [-0.2, -0.15) is 0 Å². The lowest BCUT2D eigenvalue weighted by Gasteiger charge is -2.49. The molecule has 1 saturated heterocycles. The highest BCUT2D eigenvalue weighted by molar-refractivity contribution is 6.74. The standard InChI is InChI=1S/C21H42O5Si/c1-11-12-21(24-8)16(3)19(22)15(2)18(25-21)13-17(14-23-7)26-27(9,10)20(4,5)6/h11-12,15-19,22H,13-14H2,1-10H3/b12-11+/t15-,16+,17+,18+,19-,21-/m0/s1. The fourth-order valence-corrected chi connectivity index (χ4v) is 4.89. The molecule has 1 rings (SSSR count). The van der Waals surface area contributed by atoms with Crippen molar-refractivity contribution >= 4 is 8.32 Å². The van der Waals surface area contributed by atoms with E-state index in [9.17, 15) is 5.11 Å². The Morgan fingerprint density at radius 1 is 1.22 bits per heavy atom. The van der Waals surface area contributed by atoms with Gasteiger partial charge in [0, 0.05) is 32.5 Å². The first-order valence-corrected chi connectivity index (χ1v) is 13.0. The summed E-state index contributed by atoms with van der Waals surface area (Å²) in [5.41, 5.74) is 0. The van der Waals surface area contributed by atoms with E-state index in [4.69, 9.17) is 18.6 Å². The van der Waals surface area contributed by atoms with Crippen LogP contribution in [0.3, 0.4) is 0 Å². The first-order valence-electron chi connectivity index (χ1n) is 10.1. The van der Waals surface area contributed by atoms with Crippen LogP contribution < -0.4 is 0 Å². The molecule has 1 heterocycles. The summed E-state index contributed by atoms with van der Waals surface area (Å²) in [7, 11) is 1.39. The molecule has 0 amide bonds. The molecular formula is C21H42O5Si. The van der Waals surface area contributed by atoms with Gasteiger partial charge in [0.1, 0.15) is 0 Å². The number of methoxy groups -OCH3 is 2. The highest BCUT2D eigenvalue weighted by atomic mass is 28.4. The highest BCUT2D eigenvalue weighted by Gasteiger charge is 2.50. The summed E-state index contributed by atoms with van der Waals surface area (Å²) in [4.78, 5) is 0. The Balaban J connectivity index is 3.06. The summed E-state index contributed by atoms with van der Waals surface area (Å²) in [6, 6.07) is 0. The van der Waals surface area contributed by atoms with Crippen LogP contribution in [0.5, 0.6) is 0 Å². The molecule has 160 valence electrons. The van der Waals surface area contributed by atoms with Gasteiger partial charge in [0.25, 0.3) is 0 Å². The monoisotopic (exact) mass is 402 g/mol. The molecule has 1 N–H and O–H groups in total. The third-order valence-electron chi connectivity index (χ3n) is 6.44. The molecule has 0 aromatic rings. The van der Waals surface area contributed by atoms with Crippen LogP contribution >= 0.6 is 0 Å². The molecular weight excluding hydrogens is 360 g/mol. The van der Waals surface area contributed by atoms with Crippen molar-refractivity contribution in [1.82, 2.24) is 0 Å². The number of hydrogen-bond acceptors (Lipinski definition) is 5. The Kier molecular flexibility index (Phi) is 8.73. The summed E-state index contributed by atoms with van der Waals surface area (Å²) in [5, 5.41) is 11.0. The topological polar surface area (TPSA) is 57.2 Å². The first-order chi connectivity index (χ1) is 12.3. The third-order valence-corrected chi connectivity index (χ3v) is 11.0. The maximum absolute atomic E-state index is 10.9. The maximum Gasteiger partial charge on any atom is 0.192 e. The Bertz CT molecular complexity index is 487. The van der Waals surface area contributed by atoms with Crippen LogP contribution in [-0.4, -0.2) is 58.3 Å². The molecule has 5 nitrogen and oxygen atoms in total. The molecule has 27 heavy (non-hydrogen) atoms. The van der Waals surface area contributed by atoms with Gasteiger partial charge in [-0.15, -0.1) is 0 Å². The largest absolute Gasteiger partial charge is 0.411 e. The summed E-state index contributed by atoms with van der Waals surface area (Å²) < 4.78 is 24.2. The molecule has 1 aliphatic rings. The minimum absolute atomic E-state index is 0.0177. The number of ether oxygens (including phenoxy) is 3. The van der Waals surface area contributed by atoms with Crippen LogP contribution in [0.25, 0.3) is 0 Å². The Morgan fingerprint density at radius 2 is 1.81 bits per heavy atom. The molecule has 0 radical (unpaired) electrons. The van der Waals surface area contributed by atoms with Crippen LogP contribution in [-0.2, 0) is 18.6 Å². The quantitative estimate of drug-likeness (QED) is 0.483. The van der Waals surface area contributed by atoms with Gasteiger partial charge < -0.3 is 23.7 Å². The van der Waals surface area contributed by atoms with Gasteiger partial charge in [-0.25, -0.2) is 0 Å². The van der Waals surface area contributed by atoms with Crippen molar-refractivity contribution in [1.29, 1.82) is 0 Å². The highest BCUT2D eigenvalue weighted by Crippen LogP contribution is 2.42. The molecule has 0 aromatic heterocycles. The zero-order valence-electron chi connectivity index (χ0n) is 19.0. The molecule has 6 atom stereocenters. The van der Waals surface area contributed by atoms with Gasteiger partial charge in [0.2, 0.25) is 0 Å². The van der Waals surface area contributed by atoms with Crippen LogP contribution in [0, 0.1) is 11.8 Å². The average molecular weight is 403 g/mol. The minimum atomic E-state index is -1.94. The SMILES string of the molecule is C/C=C/[C@]1(OC)O[C@H](C[C@H](COC)O[Si](C)(C)C(C)(C)C)[C@H](C)[C@H](O)[C@H]1C. The van der Waals surface area contributed by atoms with E-state index < -0.39 is 20.2 Å². The van der Waals surface area contributed by atoms with Gasteiger partial charge in [-0.1, -0.05) is 40.7 Å². The van der Waals surface area contributed by atoms with Crippen molar-refractivity contribution in [2.24, 2.45) is 11.8 Å². The van der Waals surface area contributed by atoms with Crippen LogP contribution in [0.15, 0.2) is 12.2 Å². The van der Waals surface area contributed by atoms with E-state index in [-0.39, 0.29) is 29.1 Å². The molecule has 0 spiro atoms. The Morgan fingerprint density at radius 3 is 2.26 bits per heavy atom. The minimum Gasteiger partial charge on any atom is -0.411 e. The second-order valence-corrected chi connectivity index (χ2v) is 14.2. The lowest BCUT2D eigenvalue weighted by atomic mass is 9.79. The smallest absolute Gasteiger partial charge is 0.192 e. The summed E-state index contributed by atoms with van der Waals surface area (Å²) in [5.74, 6) is -1.09. The predicted molar refractivity (Wildman–Crippen MR) is 112 cm³/mol. The fourth-order valence-electron chi connectivity index (χ4n) is 3.54. The van der Waals surface area contributed by atoms with Crippen molar-refractivity contribution in [3.05, 3.63) is 12.2 Å². The summed E-state index contributed by atoms with van der Waals surface area (Å²) in [6.45, 7) is 17.6. The lowest BCUT2D eigenvalue weighted by molar-refractivity contribution is -0.305. The number of allylic oxidation sites excluding steroid dienone is 1. The van der Waals surface area contributed by atoms with E-state index in [2.05, 4.69) is 33.9 Å². The Labute approximate surface area is 167 Å². The van der Waals surface area contributed by atoms with Crippen molar-refractivity contribution < 1.29 is 23.7 Å². The van der Waals surface area contributed by atoms with Gasteiger partial charge in [0.15, 0.2) is 14.1 Å². The molecule has 0 aromatic carbocycles. The van der Waals surface area contributed by atoms with Crippen LogP contribution in [0.1, 0.15) is 48.0 Å². The average Bonchev–Trinajstić information content (AvgIpc) is 2.56. The van der Waals surface area contributed by atoms with Gasteiger partial charge >= 0.3 is 0 Å². The van der Waals surface area contributed by atoms with E-state index in [0.717, 1.165) is 0 Å². The van der Waals surface area contributed by atoms with Crippen molar-refractivity contribution in [2.45, 2.75) is 90.2 Å². The molecule has 1 fully saturated rings. The number of hydrogen-bond donors (Lipinski definition) is 1. The van der Waals surface area contributed by atoms with Crippen LogP contribution in [0.2, 0.25) is 18.1 Å². The fraction of sp³-hybridized carbons (Fsp3) is 0.905. The zero-order chi connectivity index (χ0) is 21.0. The van der Waals surface area contributed by atoms with E-state index in [0.29, 0.717) is 13.0 Å². The molecule has 0 unspecified atom stereocenters. The second-order valence-electron chi connectivity index (χ2n) is 9.41.